The molecule has 0 aliphatic carbocycles. The highest BCUT2D eigenvalue weighted by molar-refractivity contribution is 9.09. The van der Waals surface area contributed by atoms with Gasteiger partial charge in [0.05, 0.1) is 4.95 Å². The monoisotopic (exact) mass is 191 g/mol. The number of carbonyl (C=O) groups excluding carboxylic acids is 1. The first-order valence-electron chi connectivity index (χ1n) is 3.22. The van der Waals surface area contributed by atoms with Gasteiger partial charge in [0, 0.05) is 6.42 Å². The summed E-state index contributed by atoms with van der Waals surface area (Å²) in [6, 6.07) is 0. The number of nitrogens with one attached hydrogen (secondary N) is 1. The highest BCUT2D eigenvalue weighted by Gasteiger charge is 2.11. The third-order valence-corrected chi connectivity index (χ3v) is 2.12. The standard InChI is InChI=1S/C6H10BrNO/c7-5-3-1-2-4-6(9)8-5/h5H,1-4H2,(H,8,9). The lowest BCUT2D eigenvalue weighted by Crippen LogP contribution is -2.27. The van der Waals surface area contributed by atoms with E-state index in [1.54, 1.807) is 0 Å². The number of alkyl halides is 1. The lowest BCUT2D eigenvalue weighted by atomic mass is 10.2. The first kappa shape index (κ1) is 7.06. The molecule has 0 radical (unpaired) electrons. The van der Waals surface area contributed by atoms with Crippen molar-refractivity contribution in [3.8, 4) is 0 Å². The van der Waals surface area contributed by atoms with Crippen molar-refractivity contribution < 1.29 is 4.79 Å². The number of halogens is 1. The Bertz CT molecular complexity index is 116. The van der Waals surface area contributed by atoms with E-state index in [1.165, 1.54) is 0 Å². The van der Waals surface area contributed by atoms with E-state index in [1.807, 2.05) is 0 Å². The van der Waals surface area contributed by atoms with E-state index in [4.69, 9.17) is 0 Å². The minimum absolute atomic E-state index is 0.175. The van der Waals surface area contributed by atoms with Crippen molar-refractivity contribution in [1.82, 2.24) is 5.32 Å². The first-order chi connectivity index (χ1) is 4.29. The van der Waals surface area contributed by atoms with Gasteiger partial charge in [-0.1, -0.05) is 22.4 Å². The summed E-state index contributed by atoms with van der Waals surface area (Å²) in [6.45, 7) is 0. The van der Waals surface area contributed by atoms with Gasteiger partial charge < -0.3 is 5.32 Å². The van der Waals surface area contributed by atoms with E-state index < -0.39 is 0 Å². The molecule has 2 nitrogen and oxygen atoms in total. The molecule has 0 aromatic rings. The van der Waals surface area contributed by atoms with Crippen LogP contribution in [0, 0.1) is 0 Å². The largest absolute Gasteiger partial charge is 0.344 e. The summed E-state index contributed by atoms with van der Waals surface area (Å²) >= 11 is 3.35. The Labute approximate surface area is 63.1 Å². The molecular formula is C6H10BrNO. The molecule has 1 rings (SSSR count). The molecule has 0 aromatic carbocycles. The second-order valence-corrected chi connectivity index (χ2v) is 3.39. The molecule has 1 N–H and O–H groups in total. The summed E-state index contributed by atoms with van der Waals surface area (Å²) in [5.41, 5.74) is 0. The van der Waals surface area contributed by atoms with Crippen LogP contribution in [-0.4, -0.2) is 10.9 Å². The minimum atomic E-state index is 0.175. The highest BCUT2D eigenvalue weighted by Crippen LogP contribution is 2.12. The molecule has 1 fully saturated rings. The van der Waals surface area contributed by atoms with Crippen molar-refractivity contribution in [1.29, 1.82) is 0 Å². The van der Waals surface area contributed by atoms with Crippen LogP contribution in [-0.2, 0) is 4.79 Å². The van der Waals surface area contributed by atoms with Crippen LogP contribution in [0.1, 0.15) is 25.7 Å². The Kier molecular flexibility index (Phi) is 2.51. The van der Waals surface area contributed by atoms with Gasteiger partial charge in [-0.25, -0.2) is 0 Å². The average molecular weight is 192 g/mol. The number of hydrogen-bond acceptors (Lipinski definition) is 1. The topological polar surface area (TPSA) is 29.1 Å². The zero-order valence-corrected chi connectivity index (χ0v) is 6.78. The quantitative estimate of drug-likeness (QED) is 0.456. The smallest absolute Gasteiger partial charge is 0.220 e. The fourth-order valence-corrected chi connectivity index (χ4v) is 1.51. The molecule has 0 bridgehead atoms. The van der Waals surface area contributed by atoms with Gasteiger partial charge >= 0.3 is 0 Å². The predicted molar refractivity (Wildman–Crippen MR) is 39.3 cm³/mol. The maximum absolute atomic E-state index is 10.8. The third kappa shape index (κ3) is 2.35. The predicted octanol–water partition coefficient (Wildman–Crippen LogP) is 1.40. The van der Waals surface area contributed by atoms with Crippen LogP contribution in [0.15, 0.2) is 0 Å². The van der Waals surface area contributed by atoms with E-state index in [9.17, 15) is 4.79 Å². The minimum Gasteiger partial charge on any atom is -0.344 e. The fraction of sp³-hybridized carbons (Fsp3) is 0.833. The van der Waals surface area contributed by atoms with E-state index in [2.05, 4.69) is 21.2 Å². The molecule has 1 amide bonds. The van der Waals surface area contributed by atoms with Crippen LogP contribution >= 0.6 is 15.9 Å². The molecule has 1 heterocycles. The van der Waals surface area contributed by atoms with Gasteiger partial charge in [-0.3, -0.25) is 4.79 Å². The second-order valence-electron chi connectivity index (χ2n) is 2.28. The number of hydrogen-bond donors (Lipinski definition) is 1. The summed E-state index contributed by atoms with van der Waals surface area (Å²) in [4.78, 5) is 11.0. The van der Waals surface area contributed by atoms with Crippen molar-refractivity contribution in [3.63, 3.8) is 0 Å². The van der Waals surface area contributed by atoms with E-state index in [0.717, 1.165) is 19.3 Å². The van der Waals surface area contributed by atoms with Gasteiger partial charge in [0.25, 0.3) is 0 Å². The Morgan fingerprint density at radius 2 is 2.33 bits per heavy atom. The van der Waals surface area contributed by atoms with Gasteiger partial charge in [0.15, 0.2) is 0 Å². The van der Waals surface area contributed by atoms with Gasteiger partial charge in [0.1, 0.15) is 0 Å². The lowest BCUT2D eigenvalue weighted by Gasteiger charge is -2.04. The highest BCUT2D eigenvalue weighted by atomic mass is 79.9. The Morgan fingerprint density at radius 1 is 1.56 bits per heavy atom. The molecule has 1 unspecified atom stereocenters. The molecule has 1 atom stereocenters. The average Bonchev–Trinajstić information content (AvgIpc) is 1.93. The van der Waals surface area contributed by atoms with Crippen LogP contribution < -0.4 is 5.32 Å². The maximum Gasteiger partial charge on any atom is 0.220 e. The Morgan fingerprint density at radius 3 is 3.11 bits per heavy atom. The summed E-state index contributed by atoms with van der Waals surface area (Å²) in [7, 11) is 0. The third-order valence-electron chi connectivity index (χ3n) is 1.43. The zero-order valence-electron chi connectivity index (χ0n) is 5.19. The van der Waals surface area contributed by atoms with Gasteiger partial charge in [0.2, 0.25) is 5.91 Å². The van der Waals surface area contributed by atoms with Crippen LogP contribution in [0.4, 0.5) is 0 Å². The van der Waals surface area contributed by atoms with Crippen molar-refractivity contribution in [2.45, 2.75) is 30.6 Å². The number of amides is 1. The van der Waals surface area contributed by atoms with Gasteiger partial charge in [-0.15, -0.1) is 0 Å². The van der Waals surface area contributed by atoms with Crippen molar-refractivity contribution >= 4 is 21.8 Å². The Balaban J connectivity index is 2.37. The molecule has 0 saturated carbocycles. The van der Waals surface area contributed by atoms with Crippen molar-refractivity contribution in [2.75, 3.05) is 0 Å². The van der Waals surface area contributed by atoms with Gasteiger partial charge in [-0.05, 0) is 12.8 Å². The van der Waals surface area contributed by atoms with Crippen LogP contribution in [0.2, 0.25) is 0 Å². The molecule has 3 heteroatoms. The number of carbonyl (C=O) groups is 1. The normalized spacial score (nSPS) is 29.0. The maximum atomic E-state index is 10.8. The Hall–Kier alpha value is -0.0500. The zero-order chi connectivity index (χ0) is 6.69. The number of rotatable bonds is 0. The second kappa shape index (κ2) is 3.20. The molecule has 1 aliphatic rings. The van der Waals surface area contributed by atoms with Crippen LogP contribution in [0.3, 0.4) is 0 Å². The van der Waals surface area contributed by atoms with Crippen molar-refractivity contribution in [2.24, 2.45) is 0 Å². The van der Waals surface area contributed by atoms with Gasteiger partial charge in [-0.2, -0.15) is 0 Å². The van der Waals surface area contributed by atoms with Crippen LogP contribution in [0.5, 0.6) is 0 Å². The SMILES string of the molecule is O=C1CCCCC(Br)N1. The lowest BCUT2D eigenvalue weighted by molar-refractivity contribution is -0.120. The molecule has 1 aliphatic heterocycles. The molecule has 1 saturated heterocycles. The summed E-state index contributed by atoms with van der Waals surface area (Å²) in [5, 5.41) is 2.82. The summed E-state index contributed by atoms with van der Waals surface area (Å²) in [6.07, 6.45) is 3.94. The summed E-state index contributed by atoms with van der Waals surface area (Å²) < 4.78 is 0. The van der Waals surface area contributed by atoms with Crippen molar-refractivity contribution in [3.05, 3.63) is 0 Å². The van der Waals surface area contributed by atoms with E-state index in [0.29, 0.717) is 6.42 Å². The molecule has 0 aromatic heterocycles. The summed E-state index contributed by atoms with van der Waals surface area (Å²) in [5.74, 6) is 0.175. The molecule has 0 spiro atoms. The fourth-order valence-electron chi connectivity index (χ4n) is 0.928. The van der Waals surface area contributed by atoms with E-state index in [-0.39, 0.29) is 10.9 Å². The molecule has 52 valence electrons. The van der Waals surface area contributed by atoms with Crippen LogP contribution in [0.25, 0.3) is 0 Å². The first-order valence-corrected chi connectivity index (χ1v) is 4.14. The molecular weight excluding hydrogens is 182 g/mol. The molecule has 9 heavy (non-hydrogen) atoms. The van der Waals surface area contributed by atoms with E-state index >= 15 is 0 Å².